The fraction of sp³-hybridized carbons (Fsp3) is 0.462. The lowest BCUT2D eigenvalue weighted by Gasteiger charge is -2.20. The summed E-state index contributed by atoms with van der Waals surface area (Å²) < 4.78 is 0. The van der Waals surface area contributed by atoms with Crippen molar-refractivity contribution in [3.05, 3.63) is 28.8 Å². The third-order valence-electron chi connectivity index (χ3n) is 3.27. The average molecular weight is 251 g/mol. The van der Waals surface area contributed by atoms with E-state index in [0.717, 1.165) is 31.6 Å². The zero-order valence-corrected chi connectivity index (χ0v) is 10.3. The minimum absolute atomic E-state index is 0.235. The summed E-state index contributed by atoms with van der Waals surface area (Å²) in [4.78, 5) is 2.19. The molecule has 1 fully saturated rings. The van der Waals surface area contributed by atoms with Crippen LogP contribution in [-0.2, 0) is 0 Å². The molecule has 1 aliphatic rings. The predicted molar refractivity (Wildman–Crippen MR) is 68.2 cm³/mol. The van der Waals surface area contributed by atoms with Crippen LogP contribution in [0.5, 0.6) is 0 Å². The quantitative estimate of drug-likeness (QED) is 0.896. The molecule has 1 unspecified atom stereocenters. The van der Waals surface area contributed by atoms with Gasteiger partial charge in [-0.25, -0.2) is 0 Å². The molecule has 1 saturated heterocycles. The van der Waals surface area contributed by atoms with Crippen LogP contribution in [0.15, 0.2) is 18.2 Å². The Morgan fingerprint density at radius 3 is 3.06 bits per heavy atom. The molecule has 1 atom stereocenters. The molecule has 1 aromatic carbocycles. The van der Waals surface area contributed by atoms with E-state index in [0.29, 0.717) is 16.5 Å². The number of nitriles is 1. The number of nitrogens with zero attached hydrogens (tertiary/aromatic N) is 2. The van der Waals surface area contributed by atoms with Gasteiger partial charge in [0.25, 0.3) is 0 Å². The van der Waals surface area contributed by atoms with Gasteiger partial charge in [0.15, 0.2) is 0 Å². The average Bonchev–Trinajstić information content (AvgIpc) is 2.78. The van der Waals surface area contributed by atoms with Crippen molar-refractivity contribution in [2.24, 2.45) is 5.92 Å². The normalized spacial score (nSPS) is 19.4. The molecule has 2 rings (SSSR count). The summed E-state index contributed by atoms with van der Waals surface area (Å²) in [6.07, 6.45) is 1.90. The fourth-order valence-corrected chi connectivity index (χ4v) is 2.57. The standard InChI is InChI=1S/C13H15ClN2O/c14-12-2-1-3-13(11(12)8-15)16-6-4-10(9-16)5-7-17/h1-3,10,17H,4-7,9H2. The zero-order valence-electron chi connectivity index (χ0n) is 9.56. The van der Waals surface area contributed by atoms with E-state index in [1.54, 1.807) is 6.07 Å². The number of benzene rings is 1. The van der Waals surface area contributed by atoms with Crippen LogP contribution in [0.1, 0.15) is 18.4 Å². The first-order chi connectivity index (χ1) is 8.26. The Morgan fingerprint density at radius 1 is 1.53 bits per heavy atom. The van der Waals surface area contributed by atoms with Crippen LogP contribution in [0, 0.1) is 17.2 Å². The van der Waals surface area contributed by atoms with E-state index in [4.69, 9.17) is 22.0 Å². The van der Waals surface area contributed by atoms with Gasteiger partial charge in [0.05, 0.1) is 16.3 Å². The third kappa shape index (κ3) is 2.54. The van der Waals surface area contributed by atoms with Crippen molar-refractivity contribution in [1.29, 1.82) is 5.26 Å². The Hall–Kier alpha value is -1.24. The largest absolute Gasteiger partial charge is 0.396 e. The summed E-state index contributed by atoms with van der Waals surface area (Å²) >= 11 is 6.02. The van der Waals surface area contributed by atoms with Gasteiger partial charge in [-0.2, -0.15) is 5.26 Å². The van der Waals surface area contributed by atoms with E-state index >= 15 is 0 Å². The van der Waals surface area contributed by atoms with Crippen LogP contribution in [0.25, 0.3) is 0 Å². The molecule has 0 amide bonds. The molecule has 1 N–H and O–H groups in total. The van der Waals surface area contributed by atoms with Crippen LogP contribution in [0.4, 0.5) is 5.69 Å². The lowest BCUT2D eigenvalue weighted by atomic mass is 10.1. The summed E-state index contributed by atoms with van der Waals surface area (Å²) in [5.74, 6) is 0.519. The number of hydrogen-bond acceptors (Lipinski definition) is 3. The Labute approximate surface area is 106 Å². The fourth-order valence-electron chi connectivity index (χ4n) is 2.36. The monoisotopic (exact) mass is 250 g/mol. The van der Waals surface area contributed by atoms with Crippen molar-refractivity contribution in [3.8, 4) is 6.07 Å². The molecule has 0 radical (unpaired) electrons. The number of rotatable bonds is 3. The smallest absolute Gasteiger partial charge is 0.103 e. The molecule has 0 aromatic heterocycles. The van der Waals surface area contributed by atoms with Crippen molar-refractivity contribution >= 4 is 17.3 Å². The maximum absolute atomic E-state index is 9.13. The van der Waals surface area contributed by atoms with Crippen LogP contribution in [0.2, 0.25) is 5.02 Å². The summed E-state index contributed by atoms with van der Waals surface area (Å²) in [7, 11) is 0. The van der Waals surface area contributed by atoms with Crippen LogP contribution >= 0.6 is 11.6 Å². The molecule has 1 aromatic rings. The number of anilines is 1. The predicted octanol–water partition coefficient (Wildman–Crippen LogP) is 2.42. The molecule has 90 valence electrons. The van der Waals surface area contributed by atoms with Gasteiger partial charge >= 0.3 is 0 Å². The van der Waals surface area contributed by atoms with E-state index in [9.17, 15) is 0 Å². The minimum Gasteiger partial charge on any atom is -0.396 e. The second-order valence-electron chi connectivity index (χ2n) is 4.36. The molecule has 17 heavy (non-hydrogen) atoms. The van der Waals surface area contributed by atoms with Crippen LogP contribution in [0.3, 0.4) is 0 Å². The molecular weight excluding hydrogens is 236 g/mol. The number of aliphatic hydroxyl groups excluding tert-OH is 1. The van der Waals surface area contributed by atoms with Gasteiger partial charge < -0.3 is 10.0 Å². The first kappa shape index (κ1) is 12.2. The van der Waals surface area contributed by atoms with Crippen molar-refractivity contribution < 1.29 is 5.11 Å². The Kier molecular flexibility index (Phi) is 3.88. The molecule has 1 heterocycles. The van der Waals surface area contributed by atoms with Gasteiger partial charge in [-0.3, -0.25) is 0 Å². The van der Waals surface area contributed by atoms with Crippen molar-refractivity contribution in [2.75, 3.05) is 24.6 Å². The molecule has 0 saturated carbocycles. The van der Waals surface area contributed by atoms with Crippen molar-refractivity contribution in [1.82, 2.24) is 0 Å². The Bertz CT molecular complexity index is 442. The highest BCUT2D eigenvalue weighted by Crippen LogP contribution is 2.31. The molecule has 1 aliphatic heterocycles. The summed E-state index contributed by atoms with van der Waals surface area (Å²) in [5, 5.41) is 18.6. The highest BCUT2D eigenvalue weighted by Gasteiger charge is 2.24. The van der Waals surface area contributed by atoms with Crippen LogP contribution in [-0.4, -0.2) is 24.8 Å². The molecule has 3 nitrogen and oxygen atoms in total. The maximum Gasteiger partial charge on any atom is 0.103 e. The lowest BCUT2D eigenvalue weighted by molar-refractivity contribution is 0.263. The van der Waals surface area contributed by atoms with E-state index in [1.165, 1.54) is 0 Å². The highest BCUT2D eigenvalue weighted by molar-refractivity contribution is 6.32. The molecular formula is C13H15ClN2O. The topological polar surface area (TPSA) is 47.3 Å². The summed E-state index contributed by atoms with van der Waals surface area (Å²) in [5.41, 5.74) is 1.47. The summed E-state index contributed by atoms with van der Waals surface area (Å²) in [6, 6.07) is 7.71. The lowest BCUT2D eigenvalue weighted by Crippen LogP contribution is -2.21. The van der Waals surface area contributed by atoms with E-state index in [2.05, 4.69) is 11.0 Å². The Morgan fingerprint density at radius 2 is 2.35 bits per heavy atom. The highest BCUT2D eigenvalue weighted by atomic mass is 35.5. The van der Waals surface area contributed by atoms with Gasteiger partial charge in [0.2, 0.25) is 0 Å². The van der Waals surface area contributed by atoms with Crippen molar-refractivity contribution in [2.45, 2.75) is 12.8 Å². The molecule has 0 spiro atoms. The summed E-state index contributed by atoms with van der Waals surface area (Å²) in [6.45, 7) is 2.06. The van der Waals surface area contributed by atoms with Crippen LogP contribution < -0.4 is 4.90 Å². The zero-order chi connectivity index (χ0) is 12.3. The second-order valence-corrected chi connectivity index (χ2v) is 4.77. The van der Waals surface area contributed by atoms with E-state index in [-0.39, 0.29) is 6.61 Å². The SMILES string of the molecule is N#Cc1c(Cl)cccc1N1CCC(CCO)C1. The van der Waals surface area contributed by atoms with Gasteiger partial charge in [-0.15, -0.1) is 0 Å². The van der Waals surface area contributed by atoms with Gasteiger partial charge in [-0.05, 0) is 30.9 Å². The van der Waals surface area contributed by atoms with Gasteiger partial charge in [0.1, 0.15) is 6.07 Å². The van der Waals surface area contributed by atoms with Crippen molar-refractivity contribution in [3.63, 3.8) is 0 Å². The first-order valence-corrected chi connectivity index (χ1v) is 6.18. The van der Waals surface area contributed by atoms with E-state index < -0.39 is 0 Å². The number of hydrogen-bond donors (Lipinski definition) is 1. The van der Waals surface area contributed by atoms with Gasteiger partial charge in [-0.1, -0.05) is 17.7 Å². The number of aliphatic hydroxyl groups is 1. The Balaban J connectivity index is 2.19. The molecule has 4 heteroatoms. The second kappa shape index (κ2) is 5.39. The number of halogens is 1. The van der Waals surface area contributed by atoms with E-state index in [1.807, 2.05) is 12.1 Å². The molecule has 0 aliphatic carbocycles. The first-order valence-electron chi connectivity index (χ1n) is 5.80. The van der Waals surface area contributed by atoms with Gasteiger partial charge in [0, 0.05) is 19.7 Å². The molecule has 0 bridgehead atoms. The maximum atomic E-state index is 9.13. The third-order valence-corrected chi connectivity index (χ3v) is 3.58. The minimum atomic E-state index is 0.235.